The van der Waals surface area contributed by atoms with E-state index in [1.807, 2.05) is 0 Å². The van der Waals surface area contributed by atoms with Crippen LogP contribution in [-0.2, 0) is 14.3 Å². The van der Waals surface area contributed by atoms with E-state index in [1.165, 1.54) is 0 Å². The molecule has 0 amide bonds. The maximum absolute atomic E-state index is 11.5. The molecule has 114 valence electrons. The molecule has 5 heteroatoms. The predicted molar refractivity (Wildman–Crippen MR) is 76.3 cm³/mol. The van der Waals surface area contributed by atoms with Gasteiger partial charge in [-0.15, -0.1) is 0 Å². The van der Waals surface area contributed by atoms with Crippen molar-refractivity contribution in [3.8, 4) is 0 Å². The lowest BCUT2D eigenvalue weighted by Crippen LogP contribution is -2.08. The zero-order chi connectivity index (χ0) is 15.5. The van der Waals surface area contributed by atoms with Crippen LogP contribution >= 0.6 is 0 Å². The van der Waals surface area contributed by atoms with E-state index < -0.39 is 12.1 Å². The first kappa shape index (κ1) is 18.4. The fourth-order valence-electron chi connectivity index (χ4n) is 1.36. The van der Waals surface area contributed by atoms with Gasteiger partial charge in [0.25, 0.3) is 0 Å². The lowest BCUT2D eigenvalue weighted by atomic mass is 10.2. The minimum Gasteiger partial charge on any atom is -0.478 e. The minimum atomic E-state index is -0.907. The summed E-state index contributed by atoms with van der Waals surface area (Å²) in [6.07, 6.45) is 5.41. The van der Waals surface area contributed by atoms with Crippen molar-refractivity contribution < 1.29 is 24.5 Å². The van der Waals surface area contributed by atoms with Gasteiger partial charge in [0, 0.05) is 11.1 Å². The van der Waals surface area contributed by atoms with Crippen LogP contribution in [0.25, 0.3) is 0 Å². The third-order valence-electron chi connectivity index (χ3n) is 2.71. The van der Waals surface area contributed by atoms with Crippen molar-refractivity contribution in [2.45, 2.75) is 52.6 Å². The fraction of sp³-hybridized carbons (Fsp3) is 0.600. The number of carbonyl (C=O) groups is 2. The van der Waals surface area contributed by atoms with E-state index in [2.05, 4.69) is 0 Å². The molecule has 0 bridgehead atoms. The number of carboxylic acid groups (broad SMARTS) is 1. The zero-order valence-corrected chi connectivity index (χ0v) is 12.4. The van der Waals surface area contributed by atoms with Crippen LogP contribution in [0.3, 0.4) is 0 Å². The summed E-state index contributed by atoms with van der Waals surface area (Å²) < 4.78 is 5.06. The highest BCUT2D eigenvalue weighted by Crippen LogP contribution is 2.05. The van der Waals surface area contributed by atoms with Crippen LogP contribution in [0, 0.1) is 0 Å². The Morgan fingerprint density at radius 1 is 1.15 bits per heavy atom. The molecule has 0 heterocycles. The van der Waals surface area contributed by atoms with Crippen molar-refractivity contribution in [1.29, 1.82) is 0 Å². The summed E-state index contributed by atoms with van der Waals surface area (Å²) in [5.41, 5.74) is 0.825. The van der Waals surface area contributed by atoms with Gasteiger partial charge in [-0.25, -0.2) is 9.59 Å². The molecule has 0 aromatic heterocycles. The van der Waals surface area contributed by atoms with Gasteiger partial charge in [0.15, 0.2) is 0 Å². The number of ether oxygens (including phenoxy) is 1. The maximum Gasteiger partial charge on any atom is 0.333 e. The largest absolute Gasteiger partial charge is 0.478 e. The van der Waals surface area contributed by atoms with Crippen LogP contribution in [0.5, 0.6) is 0 Å². The average Bonchev–Trinajstić information content (AvgIpc) is 2.38. The number of allylic oxidation sites excluding steroid dienone is 1. The monoisotopic (exact) mass is 284 g/mol. The molecule has 1 atom stereocenters. The highest BCUT2D eigenvalue weighted by Gasteiger charge is 2.05. The van der Waals surface area contributed by atoms with Crippen LogP contribution < -0.4 is 0 Å². The van der Waals surface area contributed by atoms with Crippen LogP contribution in [-0.4, -0.2) is 34.9 Å². The molecule has 0 fully saturated rings. The maximum atomic E-state index is 11.5. The van der Waals surface area contributed by atoms with Crippen molar-refractivity contribution in [3.05, 3.63) is 23.3 Å². The molecule has 0 aromatic carbocycles. The second kappa shape index (κ2) is 10.2. The standard InChI is InChI=1S/C15H24O5/c1-11(14(17)18)7-5-4-6-10-20-15(19)12(2)8-9-13(3)16/h7-8,13,16H,4-6,9-10H2,1-3H3,(H,17,18). The molecule has 0 aliphatic heterocycles. The van der Waals surface area contributed by atoms with Gasteiger partial charge in [0.2, 0.25) is 0 Å². The predicted octanol–water partition coefficient (Wildman–Crippen LogP) is 2.45. The topological polar surface area (TPSA) is 83.8 Å². The van der Waals surface area contributed by atoms with Crippen molar-refractivity contribution in [1.82, 2.24) is 0 Å². The van der Waals surface area contributed by atoms with Gasteiger partial charge >= 0.3 is 11.9 Å². The molecule has 0 rings (SSSR count). The Kier molecular flexibility index (Phi) is 9.38. The zero-order valence-electron chi connectivity index (χ0n) is 12.4. The molecule has 20 heavy (non-hydrogen) atoms. The SMILES string of the molecule is CC(=CCCCCOC(=O)C(C)=CCC(C)O)C(=O)O. The van der Waals surface area contributed by atoms with E-state index in [1.54, 1.807) is 32.9 Å². The molecule has 0 aliphatic carbocycles. The molecule has 0 saturated carbocycles. The summed E-state index contributed by atoms with van der Waals surface area (Å²) in [5.74, 6) is -1.28. The Morgan fingerprint density at radius 3 is 2.35 bits per heavy atom. The number of carboxylic acids is 1. The molecule has 2 N–H and O–H groups in total. The number of rotatable bonds is 9. The number of unbranched alkanes of at least 4 members (excludes halogenated alkanes) is 2. The summed E-state index contributed by atoms with van der Waals surface area (Å²) in [6.45, 7) is 5.18. The van der Waals surface area contributed by atoms with Crippen LogP contribution in [0.4, 0.5) is 0 Å². The first-order valence-electron chi connectivity index (χ1n) is 6.76. The number of hydrogen-bond acceptors (Lipinski definition) is 4. The minimum absolute atomic E-state index is 0.318. The normalized spacial score (nSPS) is 14.0. The number of hydrogen-bond donors (Lipinski definition) is 2. The van der Waals surface area contributed by atoms with Crippen LogP contribution in [0.1, 0.15) is 46.5 Å². The fourth-order valence-corrected chi connectivity index (χ4v) is 1.36. The highest BCUT2D eigenvalue weighted by molar-refractivity contribution is 5.87. The van der Waals surface area contributed by atoms with Crippen LogP contribution in [0.2, 0.25) is 0 Å². The highest BCUT2D eigenvalue weighted by atomic mass is 16.5. The number of esters is 1. The summed E-state index contributed by atoms with van der Waals surface area (Å²) in [7, 11) is 0. The van der Waals surface area contributed by atoms with Gasteiger partial charge in [-0.2, -0.15) is 0 Å². The molecular formula is C15H24O5. The van der Waals surface area contributed by atoms with E-state index >= 15 is 0 Å². The van der Waals surface area contributed by atoms with Gasteiger partial charge in [0.05, 0.1) is 12.7 Å². The van der Waals surface area contributed by atoms with Crippen molar-refractivity contribution in [2.24, 2.45) is 0 Å². The average molecular weight is 284 g/mol. The molecular weight excluding hydrogens is 260 g/mol. The molecule has 0 aromatic rings. The summed E-state index contributed by atoms with van der Waals surface area (Å²) >= 11 is 0. The Hall–Kier alpha value is -1.62. The first-order valence-corrected chi connectivity index (χ1v) is 6.76. The van der Waals surface area contributed by atoms with E-state index in [9.17, 15) is 9.59 Å². The number of aliphatic hydroxyl groups excluding tert-OH is 1. The summed E-state index contributed by atoms with van der Waals surface area (Å²) in [5, 5.41) is 17.7. The van der Waals surface area contributed by atoms with Crippen LogP contribution in [0.15, 0.2) is 23.3 Å². The number of aliphatic hydroxyl groups is 1. The molecule has 5 nitrogen and oxygen atoms in total. The Labute approximate surface area is 119 Å². The Bertz CT molecular complexity index is 380. The van der Waals surface area contributed by atoms with Gasteiger partial charge in [-0.1, -0.05) is 12.2 Å². The van der Waals surface area contributed by atoms with E-state index in [0.29, 0.717) is 37.0 Å². The van der Waals surface area contributed by atoms with E-state index in [-0.39, 0.29) is 5.97 Å². The molecule has 0 aliphatic rings. The second-order valence-corrected chi connectivity index (χ2v) is 4.80. The van der Waals surface area contributed by atoms with Crippen molar-refractivity contribution >= 4 is 11.9 Å². The summed E-state index contributed by atoms with van der Waals surface area (Å²) in [4.78, 5) is 22.1. The smallest absolute Gasteiger partial charge is 0.333 e. The number of carbonyl (C=O) groups excluding carboxylic acids is 1. The van der Waals surface area contributed by atoms with Gasteiger partial charge in [0.1, 0.15) is 0 Å². The lowest BCUT2D eigenvalue weighted by Gasteiger charge is -2.05. The second-order valence-electron chi connectivity index (χ2n) is 4.80. The third kappa shape index (κ3) is 9.33. The van der Waals surface area contributed by atoms with Crippen molar-refractivity contribution in [3.63, 3.8) is 0 Å². The molecule has 0 radical (unpaired) electrons. The number of aliphatic carboxylic acids is 1. The van der Waals surface area contributed by atoms with E-state index in [0.717, 1.165) is 6.42 Å². The van der Waals surface area contributed by atoms with Crippen molar-refractivity contribution in [2.75, 3.05) is 6.61 Å². The molecule has 0 spiro atoms. The van der Waals surface area contributed by atoms with Gasteiger partial charge in [-0.3, -0.25) is 0 Å². The lowest BCUT2D eigenvalue weighted by molar-refractivity contribution is -0.139. The quantitative estimate of drug-likeness (QED) is 0.386. The molecule has 0 saturated heterocycles. The van der Waals surface area contributed by atoms with Gasteiger partial charge in [-0.05, 0) is 46.5 Å². The first-order chi connectivity index (χ1) is 9.34. The molecule has 1 unspecified atom stereocenters. The third-order valence-corrected chi connectivity index (χ3v) is 2.71. The Morgan fingerprint density at radius 2 is 1.80 bits per heavy atom. The summed E-state index contributed by atoms with van der Waals surface area (Å²) in [6, 6.07) is 0. The van der Waals surface area contributed by atoms with E-state index in [4.69, 9.17) is 14.9 Å². The van der Waals surface area contributed by atoms with Gasteiger partial charge < -0.3 is 14.9 Å². The Balaban J connectivity index is 3.80.